The van der Waals surface area contributed by atoms with E-state index in [-0.39, 0.29) is 12.1 Å². The van der Waals surface area contributed by atoms with E-state index in [0.717, 1.165) is 32.5 Å². The topological polar surface area (TPSA) is 59.1 Å². The van der Waals surface area contributed by atoms with Crippen LogP contribution in [0.1, 0.15) is 29.2 Å². The number of nitrogens with zero attached hydrogens (tertiary/aromatic N) is 4. The van der Waals surface area contributed by atoms with Crippen LogP contribution in [0.15, 0.2) is 89.8 Å². The van der Waals surface area contributed by atoms with Crippen molar-refractivity contribution in [2.45, 2.75) is 18.6 Å². The number of aromatic nitrogens is 3. The summed E-state index contributed by atoms with van der Waals surface area (Å²) in [5, 5.41) is 5.11. The van der Waals surface area contributed by atoms with E-state index < -0.39 is 0 Å². The molecule has 5 aromatic rings. The van der Waals surface area contributed by atoms with Crippen LogP contribution in [0, 0.1) is 0 Å². The van der Waals surface area contributed by atoms with Gasteiger partial charge in [-0.05, 0) is 60.7 Å². The molecule has 1 saturated heterocycles. The molecule has 1 aliphatic rings. The molecule has 32 heavy (non-hydrogen) atoms. The maximum absolute atomic E-state index is 5.78. The van der Waals surface area contributed by atoms with E-state index in [2.05, 4.69) is 44.2 Å². The van der Waals surface area contributed by atoms with Crippen molar-refractivity contribution in [3.63, 3.8) is 0 Å². The molecule has 1 fully saturated rings. The Morgan fingerprint density at radius 2 is 1.94 bits per heavy atom. The Bertz CT molecular complexity index is 1340. The first-order chi connectivity index (χ1) is 15.8. The highest BCUT2D eigenvalue weighted by molar-refractivity contribution is 7.80. The lowest BCUT2D eigenvalue weighted by atomic mass is 10.0. The molecule has 2 unspecified atom stereocenters. The lowest BCUT2D eigenvalue weighted by Crippen LogP contribution is -2.29. The Hall–Kier alpha value is -3.49. The lowest BCUT2D eigenvalue weighted by Gasteiger charge is -2.27. The van der Waals surface area contributed by atoms with Crippen LogP contribution >= 0.6 is 23.6 Å². The number of nitrogens with one attached hydrogen (secondary N) is 1. The number of pyridine rings is 1. The highest BCUT2D eigenvalue weighted by atomic mass is 32.1. The van der Waals surface area contributed by atoms with Gasteiger partial charge in [0.1, 0.15) is 5.76 Å². The molecule has 0 spiro atoms. The Kier molecular flexibility index (Phi) is 4.74. The summed E-state index contributed by atoms with van der Waals surface area (Å²) < 4.78 is 8.97. The second-order valence-corrected chi connectivity index (χ2v) is 9.00. The third-order valence-electron chi connectivity index (χ3n) is 5.68. The van der Waals surface area contributed by atoms with Crippen LogP contribution < -0.4 is 5.32 Å². The van der Waals surface area contributed by atoms with Crippen molar-refractivity contribution < 1.29 is 4.42 Å². The van der Waals surface area contributed by atoms with Gasteiger partial charge in [-0.1, -0.05) is 29.5 Å². The molecular formula is C24H19N5OS2. The summed E-state index contributed by atoms with van der Waals surface area (Å²) in [6, 6.07) is 22.1. The molecule has 0 saturated carbocycles. The van der Waals surface area contributed by atoms with Gasteiger partial charge in [0.15, 0.2) is 10.2 Å². The van der Waals surface area contributed by atoms with E-state index >= 15 is 0 Å². The van der Waals surface area contributed by atoms with E-state index in [1.54, 1.807) is 17.6 Å². The van der Waals surface area contributed by atoms with Gasteiger partial charge in [-0.2, -0.15) is 0 Å². The fourth-order valence-electron chi connectivity index (χ4n) is 4.24. The first kappa shape index (κ1) is 19.2. The predicted octanol–water partition coefficient (Wildman–Crippen LogP) is 5.25. The number of para-hydroxylation sites is 1. The average Bonchev–Trinajstić information content (AvgIpc) is 3.61. The Morgan fingerprint density at radius 1 is 1.03 bits per heavy atom. The minimum atomic E-state index is -0.0957. The van der Waals surface area contributed by atoms with Gasteiger partial charge in [-0.3, -0.25) is 9.55 Å². The molecular weight excluding hydrogens is 438 g/mol. The molecule has 0 bridgehead atoms. The van der Waals surface area contributed by atoms with Gasteiger partial charge in [0, 0.05) is 12.4 Å². The van der Waals surface area contributed by atoms with Crippen molar-refractivity contribution in [3.05, 3.63) is 103 Å². The molecule has 0 aliphatic carbocycles. The number of furan rings is 1. The molecule has 5 heterocycles. The minimum Gasteiger partial charge on any atom is -0.467 e. The molecule has 0 radical (unpaired) electrons. The smallest absolute Gasteiger partial charge is 0.194 e. The third-order valence-corrected chi connectivity index (χ3v) is 7.06. The Morgan fingerprint density at radius 3 is 2.75 bits per heavy atom. The highest BCUT2D eigenvalue weighted by Crippen LogP contribution is 2.41. The van der Waals surface area contributed by atoms with Crippen LogP contribution in [-0.4, -0.2) is 24.5 Å². The molecule has 6 nitrogen and oxygen atoms in total. The molecule has 1 N–H and O–H groups in total. The standard InChI is InChI=1S/C24H19N5OS2/c31-23-27-21(18-9-3-4-12-25-18)22(29(23)15-16-7-6-14-30-16)19-10-5-13-28(19)24-26-17-8-1-2-11-20(17)32-24/h1-14,21-22H,15H2,(H,27,31). The fraction of sp³-hybridized carbons (Fsp3) is 0.125. The summed E-state index contributed by atoms with van der Waals surface area (Å²) in [5.74, 6) is 0.860. The van der Waals surface area contributed by atoms with Crippen molar-refractivity contribution in [2.75, 3.05) is 0 Å². The number of thiazole rings is 1. The van der Waals surface area contributed by atoms with Crippen molar-refractivity contribution in [2.24, 2.45) is 0 Å². The predicted molar refractivity (Wildman–Crippen MR) is 129 cm³/mol. The summed E-state index contributed by atoms with van der Waals surface area (Å²) >= 11 is 7.46. The highest BCUT2D eigenvalue weighted by Gasteiger charge is 2.41. The molecule has 2 atom stereocenters. The second-order valence-electron chi connectivity index (χ2n) is 7.60. The lowest BCUT2D eigenvalue weighted by molar-refractivity contribution is 0.280. The maximum Gasteiger partial charge on any atom is 0.194 e. The van der Waals surface area contributed by atoms with E-state index in [4.69, 9.17) is 21.6 Å². The largest absolute Gasteiger partial charge is 0.467 e. The van der Waals surface area contributed by atoms with Gasteiger partial charge in [0.25, 0.3) is 0 Å². The number of rotatable bonds is 5. The first-order valence-electron chi connectivity index (χ1n) is 10.3. The van der Waals surface area contributed by atoms with Gasteiger partial charge in [0.05, 0.1) is 46.5 Å². The molecule has 0 amide bonds. The average molecular weight is 458 g/mol. The molecule has 4 aromatic heterocycles. The summed E-state index contributed by atoms with van der Waals surface area (Å²) in [5.41, 5.74) is 3.04. The van der Waals surface area contributed by atoms with Crippen molar-refractivity contribution in [1.82, 2.24) is 24.8 Å². The second kappa shape index (κ2) is 7.89. The van der Waals surface area contributed by atoms with Gasteiger partial charge in [0.2, 0.25) is 0 Å². The van der Waals surface area contributed by atoms with Crippen LogP contribution in [0.5, 0.6) is 0 Å². The summed E-state index contributed by atoms with van der Waals surface area (Å²) in [6.07, 6.45) is 5.57. The number of benzene rings is 1. The van der Waals surface area contributed by atoms with E-state index in [0.29, 0.717) is 11.7 Å². The van der Waals surface area contributed by atoms with E-state index in [1.165, 1.54) is 0 Å². The van der Waals surface area contributed by atoms with Crippen molar-refractivity contribution in [1.29, 1.82) is 0 Å². The zero-order chi connectivity index (χ0) is 21.5. The van der Waals surface area contributed by atoms with Crippen LogP contribution in [0.4, 0.5) is 0 Å². The maximum atomic E-state index is 5.78. The van der Waals surface area contributed by atoms with Gasteiger partial charge < -0.3 is 14.6 Å². The Balaban J connectivity index is 1.47. The monoisotopic (exact) mass is 457 g/mol. The van der Waals surface area contributed by atoms with Crippen molar-refractivity contribution in [3.8, 4) is 5.13 Å². The van der Waals surface area contributed by atoms with E-state index in [9.17, 15) is 0 Å². The van der Waals surface area contributed by atoms with Crippen LogP contribution in [-0.2, 0) is 6.54 Å². The Labute approximate surface area is 194 Å². The summed E-state index contributed by atoms with van der Waals surface area (Å²) in [6.45, 7) is 0.567. The number of fused-ring (bicyclic) bond motifs is 1. The minimum absolute atomic E-state index is 0.0792. The van der Waals surface area contributed by atoms with Gasteiger partial charge in [-0.15, -0.1) is 0 Å². The van der Waals surface area contributed by atoms with Gasteiger partial charge >= 0.3 is 0 Å². The zero-order valence-corrected chi connectivity index (χ0v) is 18.6. The van der Waals surface area contributed by atoms with Crippen molar-refractivity contribution >= 4 is 38.9 Å². The summed E-state index contributed by atoms with van der Waals surface area (Å²) in [7, 11) is 0. The molecule has 1 aromatic carbocycles. The SMILES string of the molecule is S=C1NC(c2ccccn2)C(c2cccn2-c2nc3ccccc3s2)N1Cc1ccco1. The third kappa shape index (κ3) is 3.28. The van der Waals surface area contributed by atoms with Crippen LogP contribution in [0.25, 0.3) is 15.3 Å². The molecule has 1 aliphatic heterocycles. The number of hydrogen-bond donors (Lipinski definition) is 1. The molecule has 8 heteroatoms. The van der Waals surface area contributed by atoms with Gasteiger partial charge in [-0.25, -0.2) is 4.98 Å². The molecule has 6 rings (SSSR count). The first-order valence-corrected chi connectivity index (χ1v) is 11.5. The summed E-state index contributed by atoms with van der Waals surface area (Å²) in [4.78, 5) is 11.7. The fourth-order valence-corrected chi connectivity index (χ4v) is 5.52. The normalized spacial score (nSPS) is 18.4. The quantitative estimate of drug-likeness (QED) is 0.364. The number of hydrogen-bond acceptors (Lipinski definition) is 5. The zero-order valence-electron chi connectivity index (χ0n) is 17.0. The number of thiocarbonyl (C=S) groups is 1. The van der Waals surface area contributed by atoms with E-state index in [1.807, 2.05) is 54.7 Å². The van der Waals surface area contributed by atoms with Crippen LogP contribution in [0.3, 0.4) is 0 Å². The van der Waals surface area contributed by atoms with Crippen LogP contribution in [0.2, 0.25) is 0 Å². The molecule has 158 valence electrons.